The first-order valence-corrected chi connectivity index (χ1v) is 17.0. The third kappa shape index (κ3) is 7.01. The minimum Gasteiger partial charge on any atom is -0.457 e. The maximum Gasteiger partial charge on any atom is 0.265 e. The van der Waals surface area contributed by atoms with Crippen molar-refractivity contribution >= 4 is 34.5 Å². The third-order valence-corrected chi connectivity index (χ3v) is 10.0. The zero-order chi connectivity index (χ0) is 34.0. The number of benzene rings is 2. The lowest BCUT2D eigenvalue weighted by Gasteiger charge is -2.44. The van der Waals surface area contributed by atoms with Crippen molar-refractivity contribution in [3.05, 3.63) is 71.7 Å². The van der Waals surface area contributed by atoms with Crippen LogP contribution < -0.4 is 15.8 Å². The second-order valence-corrected chi connectivity index (χ2v) is 14.4. The van der Waals surface area contributed by atoms with Crippen molar-refractivity contribution in [1.29, 1.82) is 5.26 Å². The number of carbonyl (C=O) groups is 1. The molecule has 0 saturated carbocycles. The van der Waals surface area contributed by atoms with Crippen molar-refractivity contribution in [2.75, 3.05) is 31.9 Å². The number of aromatic nitrogens is 4. The number of amides is 1. The molecule has 4 aromatic rings. The van der Waals surface area contributed by atoms with Crippen LogP contribution in [0.5, 0.6) is 11.5 Å². The van der Waals surface area contributed by atoms with Crippen LogP contribution in [0.2, 0.25) is 0 Å². The number of ether oxygens (including phenoxy) is 1. The number of fused-ring (bicyclic) bond motifs is 1. The number of nitrogen functional groups attached to an aromatic ring is 1. The van der Waals surface area contributed by atoms with Crippen LogP contribution in [0.15, 0.2) is 65.8 Å². The molecule has 2 aliphatic rings. The number of para-hydroxylation sites is 1. The zero-order valence-electron chi connectivity index (χ0n) is 27.6. The van der Waals surface area contributed by atoms with Crippen molar-refractivity contribution in [3.8, 4) is 28.8 Å². The predicted molar refractivity (Wildman–Crippen MR) is 185 cm³/mol. The quantitative estimate of drug-likeness (QED) is 0.177. The Bertz CT molecular complexity index is 1860. The van der Waals surface area contributed by atoms with E-state index < -0.39 is 5.82 Å². The first kappa shape index (κ1) is 33.4. The van der Waals surface area contributed by atoms with Gasteiger partial charge in [-0.05, 0) is 70.2 Å². The molecule has 2 aromatic carbocycles. The van der Waals surface area contributed by atoms with Gasteiger partial charge >= 0.3 is 0 Å². The molecule has 0 spiro atoms. The number of nitrogens with two attached hydrogens (primary N) is 1. The number of rotatable bonds is 8. The van der Waals surface area contributed by atoms with E-state index in [0.29, 0.717) is 66.2 Å². The zero-order valence-corrected chi connectivity index (χ0v) is 28.4. The van der Waals surface area contributed by atoms with Gasteiger partial charge in [0.15, 0.2) is 5.65 Å². The molecule has 0 bridgehead atoms. The van der Waals surface area contributed by atoms with Crippen LogP contribution in [0.4, 0.5) is 10.2 Å². The summed E-state index contributed by atoms with van der Waals surface area (Å²) in [6.07, 6.45) is 2.76. The van der Waals surface area contributed by atoms with Crippen molar-refractivity contribution in [2.24, 2.45) is 0 Å². The van der Waals surface area contributed by atoms with E-state index in [1.165, 1.54) is 24.2 Å². The first-order valence-electron chi connectivity index (χ1n) is 16.1. The molecular formula is C35H40FN9O2S. The highest BCUT2D eigenvalue weighted by Crippen LogP contribution is 2.37. The van der Waals surface area contributed by atoms with E-state index in [0.717, 1.165) is 13.1 Å². The summed E-state index contributed by atoms with van der Waals surface area (Å²) in [7, 11) is 0. The van der Waals surface area contributed by atoms with E-state index in [-0.39, 0.29) is 33.8 Å². The number of nitrogens with one attached hydrogen (secondary N) is 1. The number of piperazine rings is 1. The third-order valence-electron chi connectivity index (χ3n) is 8.86. The number of thioether (sulfide) groups is 1. The van der Waals surface area contributed by atoms with Gasteiger partial charge in [-0.15, -0.1) is 11.8 Å². The summed E-state index contributed by atoms with van der Waals surface area (Å²) in [5, 5.41) is 20.6. The van der Waals surface area contributed by atoms with E-state index >= 15 is 4.39 Å². The number of hydrogen-bond acceptors (Lipinski definition) is 10. The second-order valence-electron chi connectivity index (χ2n) is 12.9. The van der Waals surface area contributed by atoms with E-state index in [2.05, 4.69) is 53.9 Å². The lowest BCUT2D eigenvalue weighted by atomic mass is 10.0. The topological polar surface area (TPSA) is 138 Å². The molecule has 4 heterocycles. The van der Waals surface area contributed by atoms with Gasteiger partial charge in [-0.25, -0.2) is 19.0 Å². The maximum atomic E-state index is 15.7. The van der Waals surface area contributed by atoms with Crippen LogP contribution in [0.3, 0.4) is 0 Å². The summed E-state index contributed by atoms with van der Waals surface area (Å²) in [4.78, 5) is 26.1. The molecule has 3 N–H and O–H groups in total. The number of nitriles is 1. The molecule has 2 aromatic heterocycles. The fraction of sp³-hybridized carbons (Fsp3) is 0.400. The number of piperidine rings is 1. The fourth-order valence-electron chi connectivity index (χ4n) is 6.49. The molecule has 48 heavy (non-hydrogen) atoms. The molecular weight excluding hydrogens is 630 g/mol. The Balaban J connectivity index is 1.23. The molecule has 13 heteroatoms. The van der Waals surface area contributed by atoms with Crippen LogP contribution in [-0.2, 0) is 4.79 Å². The lowest BCUT2D eigenvalue weighted by molar-refractivity contribution is -0.128. The number of likely N-dealkylation sites (tertiary alicyclic amines) is 1. The summed E-state index contributed by atoms with van der Waals surface area (Å²) in [5.41, 5.74) is 7.41. The van der Waals surface area contributed by atoms with Crippen molar-refractivity contribution in [2.45, 2.75) is 63.5 Å². The van der Waals surface area contributed by atoms with Gasteiger partial charge in [0, 0.05) is 49.9 Å². The monoisotopic (exact) mass is 669 g/mol. The van der Waals surface area contributed by atoms with Crippen LogP contribution >= 0.6 is 11.8 Å². The van der Waals surface area contributed by atoms with Gasteiger partial charge < -0.3 is 20.7 Å². The van der Waals surface area contributed by atoms with E-state index in [1.54, 1.807) is 39.3 Å². The van der Waals surface area contributed by atoms with Gasteiger partial charge in [-0.1, -0.05) is 18.2 Å². The second kappa shape index (κ2) is 13.9. The largest absolute Gasteiger partial charge is 0.457 e. The molecule has 3 atom stereocenters. The van der Waals surface area contributed by atoms with Gasteiger partial charge in [0.05, 0.1) is 16.3 Å². The minimum absolute atomic E-state index is 0.0995. The summed E-state index contributed by atoms with van der Waals surface area (Å²) in [6.45, 7) is 11.1. The number of nitrogens with zero attached hydrogens (tertiary/aromatic N) is 7. The average molecular weight is 670 g/mol. The van der Waals surface area contributed by atoms with E-state index in [1.807, 2.05) is 18.2 Å². The smallest absolute Gasteiger partial charge is 0.265 e. The molecule has 1 amide bonds. The van der Waals surface area contributed by atoms with Crippen molar-refractivity contribution in [3.63, 3.8) is 0 Å². The molecule has 2 fully saturated rings. The molecule has 250 valence electrons. The Morgan fingerprint density at radius 3 is 2.58 bits per heavy atom. The summed E-state index contributed by atoms with van der Waals surface area (Å²) in [5.74, 6) is 0.258. The standard InChI is InChI=1S/C35H40FN9O2S/c1-22-17-44(18-23(2)41-22)35(3,4)48-20-24(16-37)34(46)43-14-8-9-25(19-43)45-33-30(32(38)39-21-40-33)31(42-45)28-13-12-27(15-29(28)36)47-26-10-6-5-7-11-26/h5-7,10-13,15,20-23,25,41H,8-9,14,17-19H2,1-4H3,(H2,38,39,40)/b24-20+/t22-,23+,25-/m1/s1. The van der Waals surface area contributed by atoms with Gasteiger partial charge in [0.25, 0.3) is 5.91 Å². The van der Waals surface area contributed by atoms with Crippen LogP contribution in [0.25, 0.3) is 22.3 Å². The summed E-state index contributed by atoms with van der Waals surface area (Å²) >= 11 is 1.49. The number of hydrogen-bond donors (Lipinski definition) is 2. The summed E-state index contributed by atoms with van der Waals surface area (Å²) < 4.78 is 23.2. The lowest BCUT2D eigenvalue weighted by Crippen LogP contribution is -2.59. The molecule has 0 aliphatic carbocycles. The maximum absolute atomic E-state index is 15.7. The highest BCUT2D eigenvalue weighted by atomic mass is 32.2. The SMILES string of the molecule is C[C@@H]1CN(C(C)(C)S/C=C(\C#N)C(=O)N2CCC[C@@H](n3nc(-c4ccc(Oc5ccccc5)cc4F)c4c(N)ncnc43)C2)C[C@H](C)N1. The Kier molecular flexibility index (Phi) is 9.68. The molecule has 2 saturated heterocycles. The van der Waals surface area contributed by atoms with Crippen molar-refractivity contribution in [1.82, 2.24) is 34.9 Å². The highest BCUT2D eigenvalue weighted by molar-refractivity contribution is 8.03. The van der Waals surface area contributed by atoms with Gasteiger partial charge in [0.1, 0.15) is 46.8 Å². The summed E-state index contributed by atoms with van der Waals surface area (Å²) in [6, 6.07) is 16.3. The van der Waals surface area contributed by atoms with E-state index in [9.17, 15) is 10.1 Å². The molecule has 0 unspecified atom stereocenters. The van der Waals surface area contributed by atoms with Gasteiger partial charge in [-0.2, -0.15) is 10.4 Å². The molecule has 2 aliphatic heterocycles. The van der Waals surface area contributed by atoms with Crippen LogP contribution in [-0.4, -0.2) is 78.6 Å². The number of halogens is 1. The molecule has 0 radical (unpaired) electrons. The van der Waals surface area contributed by atoms with E-state index in [4.69, 9.17) is 15.6 Å². The van der Waals surface area contributed by atoms with Crippen molar-refractivity contribution < 1.29 is 13.9 Å². The Morgan fingerprint density at radius 1 is 1.12 bits per heavy atom. The molecule has 11 nitrogen and oxygen atoms in total. The number of anilines is 1. The average Bonchev–Trinajstić information content (AvgIpc) is 3.46. The highest BCUT2D eigenvalue weighted by Gasteiger charge is 2.34. The Hall–Kier alpha value is -4.51. The predicted octanol–water partition coefficient (Wildman–Crippen LogP) is 5.73. The van der Waals surface area contributed by atoms with Crippen LogP contribution in [0, 0.1) is 17.1 Å². The minimum atomic E-state index is -0.535. The van der Waals surface area contributed by atoms with Gasteiger partial charge in [-0.3, -0.25) is 9.69 Å². The first-order chi connectivity index (χ1) is 23.0. The number of carbonyl (C=O) groups excluding carboxylic acids is 1. The van der Waals surface area contributed by atoms with Gasteiger partial charge in [0.2, 0.25) is 0 Å². The fourth-order valence-corrected chi connectivity index (χ4v) is 7.35. The molecule has 6 rings (SSSR count). The van der Waals surface area contributed by atoms with Crippen LogP contribution in [0.1, 0.15) is 46.6 Å². The normalized spacial score (nSPS) is 20.9. The Morgan fingerprint density at radius 2 is 1.88 bits per heavy atom. The Labute approximate surface area is 284 Å².